The van der Waals surface area contributed by atoms with Gasteiger partial charge in [-0.25, -0.2) is 4.79 Å². The van der Waals surface area contributed by atoms with Crippen molar-refractivity contribution in [1.29, 1.82) is 0 Å². The summed E-state index contributed by atoms with van der Waals surface area (Å²) in [6, 6.07) is 14.6. The maximum absolute atomic E-state index is 11.9. The van der Waals surface area contributed by atoms with E-state index in [1.165, 1.54) is 0 Å². The molecule has 0 unspecified atom stereocenters. The number of esters is 1. The molecular formula is C20H23NO4. The van der Waals surface area contributed by atoms with Crippen LogP contribution < -0.4 is 5.32 Å². The highest BCUT2D eigenvalue weighted by molar-refractivity contribution is 5.91. The fourth-order valence-electron chi connectivity index (χ4n) is 2.25. The minimum absolute atomic E-state index is 0.0609. The van der Waals surface area contributed by atoms with E-state index >= 15 is 0 Å². The van der Waals surface area contributed by atoms with E-state index in [0.717, 1.165) is 16.8 Å². The molecule has 0 fully saturated rings. The van der Waals surface area contributed by atoms with Crippen LogP contribution in [0.5, 0.6) is 0 Å². The van der Waals surface area contributed by atoms with E-state index in [1.54, 1.807) is 32.0 Å². The standard InChI is InChI=1S/C20H23NO4/c1-14(2)25-20(23)17-8-5-7-16(11-17)12-24-13-19(22)21-18-9-4-6-15(3)10-18/h4-11,14H,12-13H2,1-3H3,(H,21,22). The quantitative estimate of drug-likeness (QED) is 0.780. The molecule has 0 aromatic heterocycles. The fraction of sp³-hybridized carbons (Fsp3) is 0.300. The normalized spacial score (nSPS) is 10.6. The number of anilines is 1. The van der Waals surface area contributed by atoms with Crippen LogP contribution in [0.3, 0.4) is 0 Å². The number of carbonyl (C=O) groups excluding carboxylic acids is 2. The second kappa shape index (κ2) is 8.99. The van der Waals surface area contributed by atoms with Gasteiger partial charge in [-0.15, -0.1) is 0 Å². The smallest absolute Gasteiger partial charge is 0.338 e. The number of benzene rings is 2. The molecule has 0 radical (unpaired) electrons. The van der Waals surface area contributed by atoms with Gasteiger partial charge in [-0.2, -0.15) is 0 Å². The lowest BCUT2D eigenvalue weighted by Crippen LogP contribution is -2.18. The highest BCUT2D eigenvalue weighted by Gasteiger charge is 2.10. The first-order valence-electron chi connectivity index (χ1n) is 8.18. The molecule has 25 heavy (non-hydrogen) atoms. The molecule has 0 heterocycles. The molecular weight excluding hydrogens is 318 g/mol. The van der Waals surface area contributed by atoms with Gasteiger partial charge in [0.2, 0.25) is 5.91 Å². The molecule has 0 aliphatic carbocycles. The van der Waals surface area contributed by atoms with Crippen molar-refractivity contribution in [1.82, 2.24) is 0 Å². The fourth-order valence-corrected chi connectivity index (χ4v) is 2.25. The third kappa shape index (κ3) is 6.39. The van der Waals surface area contributed by atoms with Crippen LogP contribution in [0.2, 0.25) is 0 Å². The SMILES string of the molecule is Cc1cccc(NC(=O)COCc2cccc(C(=O)OC(C)C)c2)c1. The first-order chi connectivity index (χ1) is 11.9. The molecule has 5 heteroatoms. The van der Waals surface area contributed by atoms with Gasteiger partial charge in [0.15, 0.2) is 0 Å². The molecule has 0 spiro atoms. The monoisotopic (exact) mass is 341 g/mol. The number of amides is 1. The lowest BCUT2D eigenvalue weighted by atomic mass is 10.1. The zero-order valence-corrected chi connectivity index (χ0v) is 14.7. The van der Waals surface area contributed by atoms with E-state index < -0.39 is 0 Å². The summed E-state index contributed by atoms with van der Waals surface area (Å²) in [6.07, 6.45) is -0.169. The lowest BCUT2D eigenvalue weighted by Gasteiger charge is -2.10. The summed E-state index contributed by atoms with van der Waals surface area (Å²) in [5.74, 6) is -0.588. The minimum Gasteiger partial charge on any atom is -0.459 e. The summed E-state index contributed by atoms with van der Waals surface area (Å²) in [6.45, 7) is 5.75. The number of rotatable bonds is 7. The summed E-state index contributed by atoms with van der Waals surface area (Å²) in [5, 5.41) is 2.78. The molecule has 1 N–H and O–H groups in total. The predicted molar refractivity (Wildman–Crippen MR) is 96.5 cm³/mol. The molecule has 1 amide bonds. The van der Waals surface area contributed by atoms with Gasteiger partial charge in [-0.1, -0.05) is 24.3 Å². The Bertz CT molecular complexity index is 740. The molecule has 2 aromatic rings. The highest BCUT2D eigenvalue weighted by Crippen LogP contribution is 2.11. The molecule has 132 valence electrons. The maximum Gasteiger partial charge on any atom is 0.338 e. The van der Waals surface area contributed by atoms with Crippen molar-refractivity contribution in [2.24, 2.45) is 0 Å². The molecule has 2 rings (SSSR count). The van der Waals surface area contributed by atoms with Crippen LogP contribution in [-0.4, -0.2) is 24.6 Å². The molecule has 2 aromatic carbocycles. The lowest BCUT2D eigenvalue weighted by molar-refractivity contribution is -0.121. The van der Waals surface area contributed by atoms with Crippen LogP contribution in [0.1, 0.15) is 35.3 Å². The summed E-state index contributed by atoms with van der Waals surface area (Å²) in [5.41, 5.74) is 3.09. The maximum atomic E-state index is 11.9. The Kier molecular flexibility index (Phi) is 6.71. The largest absolute Gasteiger partial charge is 0.459 e. The minimum atomic E-state index is -0.367. The van der Waals surface area contributed by atoms with Crippen molar-refractivity contribution >= 4 is 17.6 Å². The Morgan fingerprint density at radius 3 is 2.56 bits per heavy atom. The van der Waals surface area contributed by atoms with Crippen LogP contribution in [0.15, 0.2) is 48.5 Å². The third-order valence-corrected chi connectivity index (χ3v) is 3.31. The van der Waals surface area contributed by atoms with E-state index in [4.69, 9.17) is 9.47 Å². The van der Waals surface area contributed by atoms with Gasteiger partial charge in [0.25, 0.3) is 0 Å². The molecule has 0 saturated carbocycles. The van der Waals surface area contributed by atoms with Crippen LogP contribution in [0.25, 0.3) is 0 Å². The van der Waals surface area contributed by atoms with E-state index in [0.29, 0.717) is 5.56 Å². The highest BCUT2D eigenvalue weighted by atomic mass is 16.5. The van der Waals surface area contributed by atoms with Crippen molar-refractivity contribution in [3.8, 4) is 0 Å². The zero-order valence-electron chi connectivity index (χ0n) is 14.7. The average Bonchev–Trinajstić information content (AvgIpc) is 2.54. The van der Waals surface area contributed by atoms with Gasteiger partial charge in [0.05, 0.1) is 18.3 Å². The Hall–Kier alpha value is -2.66. The average molecular weight is 341 g/mol. The second-order valence-corrected chi connectivity index (χ2v) is 6.06. The third-order valence-electron chi connectivity index (χ3n) is 3.31. The summed E-state index contributed by atoms with van der Waals surface area (Å²) >= 11 is 0. The Labute approximate surface area is 148 Å². The van der Waals surface area contributed by atoms with Crippen LogP contribution in [-0.2, 0) is 20.9 Å². The van der Waals surface area contributed by atoms with Crippen molar-refractivity contribution in [2.45, 2.75) is 33.5 Å². The number of nitrogens with one attached hydrogen (secondary N) is 1. The van der Waals surface area contributed by atoms with Gasteiger partial charge in [-0.05, 0) is 56.2 Å². The summed E-state index contributed by atoms with van der Waals surface area (Å²) in [4.78, 5) is 23.8. The number of ether oxygens (including phenoxy) is 2. The molecule has 5 nitrogen and oxygen atoms in total. The first-order valence-corrected chi connectivity index (χ1v) is 8.18. The van der Waals surface area contributed by atoms with Gasteiger partial charge in [-0.3, -0.25) is 4.79 Å². The van der Waals surface area contributed by atoms with Crippen molar-refractivity contribution in [2.75, 3.05) is 11.9 Å². The summed E-state index contributed by atoms with van der Waals surface area (Å²) < 4.78 is 10.6. The van der Waals surface area contributed by atoms with Crippen LogP contribution in [0, 0.1) is 6.92 Å². The van der Waals surface area contributed by atoms with Gasteiger partial charge in [0, 0.05) is 5.69 Å². The van der Waals surface area contributed by atoms with Crippen LogP contribution in [0.4, 0.5) is 5.69 Å². The van der Waals surface area contributed by atoms with Crippen LogP contribution >= 0.6 is 0 Å². The van der Waals surface area contributed by atoms with Crippen molar-refractivity contribution in [3.63, 3.8) is 0 Å². The van der Waals surface area contributed by atoms with Gasteiger partial charge < -0.3 is 14.8 Å². The predicted octanol–water partition coefficient (Wildman–Crippen LogP) is 3.72. The van der Waals surface area contributed by atoms with E-state index in [-0.39, 0.29) is 31.2 Å². The number of hydrogen-bond donors (Lipinski definition) is 1. The van der Waals surface area contributed by atoms with Gasteiger partial charge >= 0.3 is 5.97 Å². The van der Waals surface area contributed by atoms with Crippen molar-refractivity contribution in [3.05, 3.63) is 65.2 Å². The molecule has 0 aliphatic heterocycles. The molecule has 0 atom stereocenters. The Morgan fingerprint density at radius 1 is 1.08 bits per heavy atom. The van der Waals surface area contributed by atoms with E-state index in [1.807, 2.05) is 37.3 Å². The van der Waals surface area contributed by atoms with Gasteiger partial charge in [0.1, 0.15) is 6.61 Å². The van der Waals surface area contributed by atoms with E-state index in [9.17, 15) is 9.59 Å². The second-order valence-electron chi connectivity index (χ2n) is 6.06. The zero-order chi connectivity index (χ0) is 18.2. The Balaban J connectivity index is 1.83. The number of hydrogen-bond acceptors (Lipinski definition) is 4. The molecule has 0 saturated heterocycles. The Morgan fingerprint density at radius 2 is 1.84 bits per heavy atom. The topological polar surface area (TPSA) is 64.6 Å². The summed E-state index contributed by atoms with van der Waals surface area (Å²) in [7, 11) is 0. The molecule has 0 bridgehead atoms. The number of carbonyl (C=O) groups is 2. The van der Waals surface area contributed by atoms with E-state index in [2.05, 4.69) is 5.32 Å². The first kappa shape index (κ1) is 18.7. The number of aryl methyl sites for hydroxylation is 1. The van der Waals surface area contributed by atoms with Crippen molar-refractivity contribution < 1.29 is 19.1 Å². The molecule has 0 aliphatic rings.